The van der Waals surface area contributed by atoms with Crippen LogP contribution in [0, 0.1) is 17.8 Å². The molecule has 3 rings (SSSR count). The van der Waals surface area contributed by atoms with Crippen LogP contribution < -0.4 is 9.47 Å². The van der Waals surface area contributed by atoms with E-state index in [0.29, 0.717) is 48.2 Å². The van der Waals surface area contributed by atoms with Gasteiger partial charge in [0.2, 0.25) is 0 Å². The lowest BCUT2D eigenvalue weighted by atomic mass is 9.86. The molecule has 0 saturated heterocycles. The summed E-state index contributed by atoms with van der Waals surface area (Å²) in [6, 6.07) is 6.24. The molecule has 5 heteroatoms. The zero-order valence-electron chi connectivity index (χ0n) is 15.7. The van der Waals surface area contributed by atoms with Gasteiger partial charge in [-0.05, 0) is 73.8 Å². The number of ether oxygens (including phenoxy) is 2. The Morgan fingerprint density at radius 1 is 1.15 bits per heavy atom. The molecule has 2 aliphatic rings. The fourth-order valence-electron chi connectivity index (χ4n) is 4.09. The highest BCUT2D eigenvalue weighted by Gasteiger charge is 2.38. The molecule has 2 aliphatic carbocycles. The van der Waals surface area contributed by atoms with Gasteiger partial charge in [0.25, 0.3) is 6.47 Å². The van der Waals surface area contributed by atoms with E-state index < -0.39 is 5.97 Å². The molecule has 27 heavy (non-hydrogen) atoms. The number of ketones is 1. The van der Waals surface area contributed by atoms with Gasteiger partial charge in [0.15, 0.2) is 5.78 Å². The van der Waals surface area contributed by atoms with Crippen LogP contribution in [0.5, 0.6) is 11.5 Å². The number of hydrogen-bond donors (Lipinski definition) is 0. The van der Waals surface area contributed by atoms with Crippen molar-refractivity contribution in [1.82, 2.24) is 0 Å². The van der Waals surface area contributed by atoms with Crippen molar-refractivity contribution < 1.29 is 23.9 Å². The van der Waals surface area contributed by atoms with Crippen molar-refractivity contribution in [3.63, 3.8) is 0 Å². The van der Waals surface area contributed by atoms with Crippen molar-refractivity contribution in [1.29, 1.82) is 0 Å². The van der Waals surface area contributed by atoms with Crippen LogP contribution in [-0.4, -0.2) is 18.2 Å². The average molecular weight is 368 g/mol. The Bertz CT molecular complexity index is 802. The summed E-state index contributed by atoms with van der Waals surface area (Å²) < 4.78 is 10.1. The third-order valence-corrected chi connectivity index (χ3v) is 5.85. The van der Waals surface area contributed by atoms with Crippen LogP contribution in [0.3, 0.4) is 0 Å². The summed E-state index contributed by atoms with van der Waals surface area (Å²) in [5.74, 6) is 1.23. The molecular formula is C22H24O5. The first kappa shape index (κ1) is 19.1. The number of Topliss-reactive ketones (excluding diaryl/α,β-unsaturated/α-hetero) is 1. The van der Waals surface area contributed by atoms with Gasteiger partial charge in [-0.15, -0.1) is 0 Å². The Morgan fingerprint density at radius 3 is 2.48 bits per heavy atom. The highest BCUT2D eigenvalue weighted by molar-refractivity contribution is 5.98. The summed E-state index contributed by atoms with van der Waals surface area (Å²) in [7, 11) is 0. The standard InChI is InChI=1S/C22H24O5/c1-13-4-5-16(10-20-15(3)21(24)11-19(13)20)14(2)22(25)27-18-8-6-17(7-9-18)26-12-23/h6-9,12-13,16,19H,2,4-5,10-11H2,1,3H3/t13?,16-,19?/m0/s1. The Kier molecular flexibility index (Phi) is 5.59. The van der Waals surface area contributed by atoms with Crippen molar-refractivity contribution in [2.75, 3.05) is 0 Å². The zero-order valence-corrected chi connectivity index (χ0v) is 15.7. The molecule has 1 saturated carbocycles. The molecule has 1 fully saturated rings. The second-order valence-corrected chi connectivity index (χ2v) is 7.44. The van der Waals surface area contributed by atoms with Crippen molar-refractivity contribution >= 4 is 18.2 Å². The van der Waals surface area contributed by atoms with Crippen molar-refractivity contribution in [3.05, 3.63) is 47.6 Å². The van der Waals surface area contributed by atoms with Crippen LogP contribution in [-0.2, 0) is 14.4 Å². The van der Waals surface area contributed by atoms with Gasteiger partial charge in [0, 0.05) is 12.0 Å². The van der Waals surface area contributed by atoms with Crippen LogP contribution in [0.4, 0.5) is 0 Å². The topological polar surface area (TPSA) is 69.7 Å². The molecule has 0 N–H and O–H groups in total. The first-order chi connectivity index (χ1) is 12.9. The number of allylic oxidation sites excluding steroid dienone is 2. The highest BCUT2D eigenvalue weighted by atomic mass is 16.5. The van der Waals surface area contributed by atoms with Crippen molar-refractivity contribution in [2.24, 2.45) is 17.8 Å². The van der Waals surface area contributed by atoms with Crippen LogP contribution >= 0.6 is 0 Å². The van der Waals surface area contributed by atoms with E-state index in [1.165, 1.54) is 5.57 Å². The molecule has 3 atom stereocenters. The quantitative estimate of drug-likeness (QED) is 0.340. The lowest BCUT2D eigenvalue weighted by Crippen LogP contribution is -2.18. The van der Waals surface area contributed by atoms with Gasteiger partial charge in [-0.1, -0.05) is 19.1 Å². The maximum absolute atomic E-state index is 12.6. The number of fused-ring (bicyclic) bond motifs is 1. The first-order valence-electron chi connectivity index (χ1n) is 9.25. The summed E-state index contributed by atoms with van der Waals surface area (Å²) >= 11 is 0. The summed E-state index contributed by atoms with van der Waals surface area (Å²) in [5, 5.41) is 0. The summed E-state index contributed by atoms with van der Waals surface area (Å²) in [6.07, 6.45) is 3.12. The normalized spacial score (nSPS) is 24.8. The van der Waals surface area contributed by atoms with Gasteiger partial charge in [-0.3, -0.25) is 9.59 Å². The van der Waals surface area contributed by atoms with E-state index in [0.717, 1.165) is 18.4 Å². The van der Waals surface area contributed by atoms with Gasteiger partial charge in [0.1, 0.15) is 11.5 Å². The summed E-state index contributed by atoms with van der Waals surface area (Å²) in [4.78, 5) is 35.0. The Morgan fingerprint density at radius 2 is 1.81 bits per heavy atom. The summed E-state index contributed by atoms with van der Waals surface area (Å²) in [6.45, 7) is 8.42. The molecule has 0 radical (unpaired) electrons. The molecule has 1 aromatic rings. The molecule has 0 aromatic heterocycles. The van der Waals surface area contributed by atoms with Crippen LogP contribution in [0.1, 0.15) is 39.5 Å². The molecule has 1 aromatic carbocycles. The molecule has 2 unspecified atom stereocenters. The smallest absolute Gasteiger partial charge is 0.339 e. The lowest BCUT2D eigenvalue weighted by Gasteiger charge is -2.19. The molecule has 0 bridgehead atoms. The minimum absolute atomic E-state index is 0.0153. The van der Waals surface area contributed by atoms with Crippen LogP contribution in [0.25, 0.3) is 0 Å². The van der Waals surface area contributed by atoms with Gasteiger partial charge >= 0.3 is 5.97 Å². The van der Waals surface area contributed by atoms with Gasteiger partial charge in [0.05, 0.1) is 0 Å². The fraction of sp³-hybridized carbons (Fsp3) is 0.409. The van der Waals surface area contributed by atoms with Crippen LogP contribution in [0.15, 0.2) is 47.6 Å². The molecule has 5 nitrogen and oxygen atoms in total. The van der Waals surface area contributed by atoms with Gasteiger partial charge in [-0.25, -0.2) is 4.79 Å². The monoisotopic (exact) mass is 368 g/mol. The molecule has 0 amide bonds. The molecule has 0 spiro atoms. The van der Waals surface area contributed by atoms with Gasteiger partial charge in [-0.2, -0.15) is 0 Å². The van der Waals surface area contributed by atoms with E-state index in [4.69, 9.17) is 9.47 Å². The van der Waals surface area contributed by atoms with E-state index in [-0.39, 0.29) is 11.7 Å². The Labute approximate surface area is 159 Å². The van der Waals surface area contributed by atoms with E-state index in [2.05, 4.69) is 13.5 Å². The molecule has 0 aliphatic heterocycles. The largest absolute Gasteiger partial charge is 0.429 e. The van der Waals surface area contributed by atoms with Gasteiger partial charge < -0.3 is 9.47 Å². The fourth-order valence-corrected chi connectivity index (χ4v) is 4.09. The number of benzene rings is 1. The molecule has 0 heterocycles. The number of hydrogen-bond acceptors (Lipinski definition) is 5. The van der Waals surface area contributed by atoms with E-state index in [9.17, 15) is 14.4 Å². The molecular weight excluding hydrogens is 344 g/mol. The van der Waals surface area contributed by atoms with E-state index >= 15 is 0 Å². The third kappa shape index (κ3) is 4.02. The average Bonchev–Trinajstić information content (AvgIpc) is 2.83. The minimum atomic E-state index is -0.460. The number of carbonyl (C=O) groups is 3. The maximum atomic E-state index is 12.6. The first-order valence-corrected chi connectivity index (χ1v) is 9.25. The van der Waals surface area contributed by atoms with E-state index in [1.54, 1.807) is 24.3 Å². The van der Waals surface area contributed by atoms with E-state index in [1.807, 2.05) is 6.92 Å². The second kappa shape index (κ2) is 7.91. The molecule has 142 valence electrons. The predicted octanol–water partition coefficient (Wildman–Crippen LogP) is 4.03. The number of rotatable bonds is 5. The van der Waals surface area contributed by atoms with Crippen molar-refractivity contribution in [2.45, 2.75) is 39.5 Å². The lowest BCUT2D eigenvalue weighted by molar-refractivity contribution is -0.130. The highest BCUT2D eigenvalue weighted by Crippen LogP contribution is 2.45. The zero-order chi connectivity index (χ0) is 19.6. The van der Waals surface area contributed by atoms with Crippen LogP contribution in [0.2, 0.25) is 0 Å². The number of carbonyl (C=O) groups excluding carboxylic acids is 3. The predicted molar refractivity (Wildman–Crippen MR) is 100 cm³/mol. The Hall–Kier alpha value is -2.69. The number of esters is 1. The Balaban J connectivity index is 1.70. The van der Waals surface area contributed by atoms with Crippen molar-refractivity contribution in [3.8, 4) is 11.5 Å². The maximum Gasteiger partial charge on any atom is 0.339 e. The second-order valence-electron chi connectivity index (χ2n) is 7.44. The third-order valence-electron chi connectivity index (χ3n) is 5.85. The minimum Gasteiger partial charge on any atom is -0.429 e. The SMILES string of the molecule is C=C(C(=O)Oc1ccc(OC=O)cc1)[C@H]1CCC(C)C2CC(=O)C(C)=C2C1. The summed E-state index contributed by atoms with van der Waals surface area (Å²) in [5.41, 5.74) is 2.50.